The van der Waals surface area contributed by atoms with Crippen molar-refractivity contribution in [2.24, 2.45) is 0 Å². The highest BCUT2D eigenvalue weighted by Crippen LogP contribution is 2.15. The lowest BCUT2D eigenvalue weighted by atomic mass is 10.1. The number of anilines is 1. The number of nitrogens with zero attached hydrogens (tertiary/aromatic N) is 3. The first-order chi connectivity index (χ1) is 9.90. The number of urea groups is 1. The van der Waals surface area contributed by atoms with E-state index in [9.17, 15) is 14.0 Å². The number of rotatable bonds is 1. The number of nitrogens with two attached hydrogens (primary N) is 1. The molecule has 7 heteroatoms. The second-order valence-corrected chi connectivity index (χ2v) is 5.19. The van der Waals surface area contributed by atoms with Crippen molar-refractivity contribution in [3.05, 3.63) is 29.6 Å². The van der Waals surface area contributed by atoms with Crippen LogP contribution in [0.25, 0.3) is 0 Å². The Morgan fingerprint density at radius 2 is 1.71 bits per heavy atom. The lowest BCUT2D eigenvalue weighted by Gasteiger charge is -2.36. The Balaban J connectivity index is 2.00. The van der Waals surface area contributed by atoms with Gasteiger partial charge in [-0.3, -0.25) is 4.79 Å². The van der Waals surface area contributed by atoms with E-state index in [2.05, 4.69) is 0 Å². The van der Waals surface area contributed by atoms with Gasteiger partial charge in [-0.2, -0.15) is 0 Å². The third-order valence-corrected chi connectivity index (χ3v) is 3.46. The third-order valence-electron chi connectivity index (χ3n) is 3.46. The lowest BCUT2D eigenvalue weighted by molar-refractivity contribution is 0.0650. The molecular weight excluding hydrogens is 275 g/mol. The molecule has 0 radical (unpaired) electrons. The van der Waals surface area contributed by atoms with Crippen LogP contribution in [0.5, 0.6) is 0 Å². The molecule has 0 spiro atoms. The average molecular weight is 294 g/mol. The van der Waals surface area contributed by atoms with Crippen molar-refractivity contribution in [3.8, 4) is 0 Å². The van der Waals surface area contributed by atoms with Crippen LogP contribution in [0.1, 0.15) is 10.4 Å². The van der Waals surface area contributed by atoms with Crippen LogP contribution in [-0.2, 0) is 0 Å². The zero-order chi connectivity index (χ0) is 15.6. The molecule has 1 aromatic carbocycles. The first kappa shape index (κ1) is 15.1. The van der Waals surface area contributed by atoms with Gasteiger partial charge in [0.2, 0.25) is 0 Å². The van der Waals surface area contributed by atoms with Crippen LogP contribution in [0.15, 0.2) is 18.2 Å². The molecule has 2 N–H and O–H groups in total. The zero-order valence-corrected chi connectivity index (χ0v) is 12.2. The van der Waals surface area contributed by atoms with Crippen molar-refractivity contribution in [1.29, 1.82) is 0 Å². The standard InChI is InChI=1S/C14H19FN4O2/c1-17(2)14(21)19-7-5-18(6-8-19)13(20)10-3-4-11(15)12(16)9-10/h3-4,9H,5-8,16H2,1-2H3. The van der Waals surface area contributed by atoms with Crippen LogP contribution in [0.3, 0.4) is 0 Å². The number of nitrogen functional groups attached to an aromatic ring is 1. The van der Waals surface area contributed by atoms with Gasteiger partial charge in [0.25, 0.3) is 5.91 Å². The number of hydrogen-bond acceptors (Lipinski definition) is 3. The Bertz CT molecular complexity index is 554. The van der Waals surface area contributed by atoms with Gasteiger partial charge in [-0.05, 0) is 18.2 Å². The lowest BCUT2D eigenvalue weighted by Crippen LogP contribution is -2.52. The summed E-state index contributed by atoms with van der Waals surface area (Å²) in [5, 5.41) is 0. The quantitative estimate of drug-likeness (QED) is 0.781. The molecule has 0 unspecified atom stereocenters. The number of carbonyl (C=O) groups is 2. The van der Waals surface area contributed by atoms with E-state index in [1.54, 1.807) is 23.9 Å². The van der Waals surface area contributed by atoms with E-state index in [-0.39, 0.29) is 17.6 Å². The zero-order valence-electron chi connectivity index (χ0n) is 12.2. The average Bonchev–Trinajstić information content (AvgIpc) is 2.48. The minimum Gasteiger partial charge on any atom is -0.396 e. The fraction of sp³-hybridized carbons (Fsp3) is 0.429. The van der Waals surface area contributed by atoms with Gasteiger partial charge in [-0.25, -0.2) is 9.18 Å². The molecule has 3 amide bonds. The predicted molar refractivity (Wildman–Crippen MR) is 77.4 cm³/mol. The Morgan fingerprint density at radius 1 is 1.14 bits per heavy atom. The second kappa shape index (κ2) is 5.99. The highest BCUT2D eigenvalue weighted by molar-refractivity contribution is 5.95. The van der Waals surface area contributed by atoms with Crippen molar-refractivity contribution in [1.82, 2.24) is 14.7 Å². The van der Waals surface area contributed by atoms with Crippen LogP contribution >= 0.6 is 0 Å². The highest BCUT2D eigenvalue weighted by atomic mass is 19.1. The SMILES string of the molecule is CN(C)C(=O)N1CCN(C(=O)c2ccc(F)c(N)c2)CC1. The molecule has 0 bridgehead atoms. The molecule has 1 saturated heterocycles. The second-order valence-electron chi connectivity index (χ2n) is 5.19. The van der Waals surface area contributed by atoms with Crippen LogP contribution < -0.4 is 5.73 Å². The van der Waals surface area contributed by atoms with Crippen molar-refractivity contribution in [3.63, 3.8) is 0 Å². The highest BCUT2D eigenvalue weighted by Gasteiger charge is 2.25. The van der Waals surface area contributed by atoms with E-state index in [0.29, 0.717) is 31.7 Å². The first-order valence-electron chi connectivity index (χ1n) is 6.70. The van der Waals surface area contributed by atoms with E-state index in [1.165, 1.54) is 23.1 Å². The summed E-state index contributed by atoms with van der Waals surface area (Å²) in [6.45, 7) is 1.88. The number of benzene rings is 1. The molecule has 0 atom stereocenters. The predicted octanol–water partition coefficient (Wildman–Crippen LogP) is 0.847. The van der Waals surface area contributed by atoms with Gasteiger partial charge >= 0.3 is 6.03 Å². The number of amides is 3. The van der Waals surface area contributed by atoms with E-state index < -0.39 is 5.82 Å². The fourth-order valence-electron chi connectivity index (χ4n) is 2.24. The maximum absolute atomic E-state index is 13.1. The molecule has 21 heavy (non-hydrogen) atoms. The number of halogens is 1. The molecule has 1 fully saturated rings. The summed E-state index contributed by atoms with van der Waals surface area (Å²) in [7, 11) is 3.39. The minimum atomic E-state index is -0.534. The summed E-state index contributed by atoms with van der Waals surface area (Å²) in [5.41, 5.74) is 5.80. The molecule has 6 nitrogen and oxygen atoms in total. The molecule has 0 aromatic heterocycles. The molecule has 0 saturated carbocycles. The maximum atomic E-state index is 13.1. The number of carbonyl (C=O) groups excluding carboxylic acids is 2. The third kappa shape index (κ3) is 3.24. The molecule has 1 aliphatic heterocycles. The first-order valence-corrected chi connectivity index (χ1v) is 6.70. The molecule has 1 heterocycles. The van der Waals surface area contributed by atoms with E-state index in [4.69, 9.17) is 5.73 Å². The van der Waals surface area contributed by atoms with Gasteiger partial charge < -0.3 is 20.4 Å². The van der Waals surface area contributed by atoms with E-state index in [0.717, 1.165) is 0 Å². The Morgan fingerprint density at radius 3 is 2.24 bits per heavy atom. The largest absolute Gasteiger partial charge is 0.396 e. The van der Waals surface area contributed by atoms with Gasteiger partial charge in [-0.1, -0.05) is 0 Å². The van der Waals surface area contributed by atoms with Gasteiger partial charge in [0.05, 0.1) is 5.69 Å². The molecule has 1 aliphatic rings. The van der Waals surface area contributed by atoms with Gasteiger partial charge in [0, 0.05) is 45.8 Å². The summed E-state index contributed by atoms with van der Waals surface area (Å²) in [6, 6.07) is 3.89. The monoisotopic (exact) mass is 294 g/mol. The smallest absolute Gasteiger partial charge is 0.319 e. The molecular formula is C14H19FN4O2. The number of piperazine rings is 1. The van der Waals surface area contributed by atoms with Crippen molar-refractivity contribution < 1.29 is 14.0 Å². The maximum Gasteiger partial charge on any atom is 0.319 e. The van der Waals surface area contributed by atoms with E-state index >= 15 is 0 Å². The fourth-order valence-corrected chi connectivity index (χ4v) is 2.24. The summed E-state index contributed by atoms with van der Waals surface area (Å²) >= 11 is 0. The van der Waals surface area contributed by atoms with E-state index in [1.807, 2.05) is 0 Å². The van der Waals surface area contributed by atoms with Gasteiger partial charge in [0.1, 0.15) is 5.82 Å². The summed E-state index contributed by atoms with van der Waals surface area (Å²) in [4.78, 5) is 29.0. The van der Waals surface area contributed by atoms with Crippen molar-refractivity contribution in [2.45, 2.75) is 0 Å². The van der Waals surface area contributed by atoms with Crippen LogP contribution in [0.4, 0.5) is 14.9 Å². The Kier molecular flexibility index (Phi) is 4.30. The van der Waals surface area contributed by atoms with Crippen LogP contribution in [-0.4, -0.2) is 66.9 Å². The van der Waals surface area contributed by atoms with Crippen LogP contribution in [0, 0.1) is 5.82 Å². The van der Waals surface area contributed by atoms with Crippen molar-refractivity contribution in [2.75, 3.05) is 46.0 Å². The Labute approximate surface area is 122 Å². The van der Waals surface area contributed by atoms with Crippen molar-refractivity contribution >= 4 is 17.6 Å². The molecule has 0 aliphatic carbocycles. The van der Waals surface area contributed by atoms with Gasteiger partial charge in [0.15, 0.2) is 0 Å². The molecule has 114 valence electrons. The Hall–Kier alpha value is -2.31. The minimum absolute atomic E-state index is 0.0396. The summed E-state index contributed by atoms with van der Waals surface area (Å²) in [6.07, 6.45) is 0. The summed E-state index contributed by atoms with van der Waals surface area (Å²) < 4.78 is 13.1. The van der Waals surface area contributed by atoms with Gasteiger partial charge in [-0.15, -0.1) is 0 Å². The topological polar surface area (TPSA) is 69.9 Å². The normalized spacial score (nSPS) is 15.0. The number of hydrogen-bond donors (Lipinski definition) is 1. The van der Waals surface area contributed by atoms with Crippen LogP contribution in [0.2, 0.25) is 0 Å². The molecule has 1 aromatic rings. The molecule has 2 rings (SSSR count). The summed E-state index contributed by atoms with van der Waals surface area (Å²) in [5.74, 6) is -0.730.